The molecule has 1 rings (SSSR count). The van der Waals surface area contributed by atoms with E-state index in [1.54, 1.807) is 0 Å². The molecule has 1 N–H and O–H groups in total. The highest BCUT2D eigenvalue weighted by atomic mass is 79.9. The zero-order chi connectivity index (χ0) is 16.4. The molecule has 0 aliphatic rings. The van der Waals surface area contributed by atoms with Crippen molar-refractivity contribution in [3.8, 4) is 0 Å². The van der Waals surface area contributed by atoms with Gasteiger partial charge in [-0.1, -0.05) is 64.7 Å². The number of rotatable bonds is 12. The highest BCUT2D eigenvalue weighted by Gasteiger charge is 2.19. The summed E-state index contributed by atoms with van der Waals surface area (Å²) in [6.45, 7) is 2.24. The molecule has 0 amide bonds. The van der Waals surface area contributed by atoms with Crippen LogP contribution in [-0.4, -0.2) is 13.0 Å². The monoisotopic (exact) mass is 410 g/mol. The van der Waals surface area contributed by atoms with Crippen LogP contribution >= 0.6 is 27.3 Å². The summed E-state index contributed by atoms with van der Waals surface area (Å²) in [5.74, 6) is 0. The maximum Gasteiger partial charge on any atom is 0.295 e. The van der Waals surface area contributed by atoms with Crippen LogP contribution in [0.25, 0.3) is 0 Å². The Kier molecular flexibility index (Phi) is 9.87. The van der Waals surface area contributed by atoms with Crippen molar-refractivity contribution in [2.75, 3.05) is 0 Å². The van der Waals surface area contributed by atoms with Gasteiger partial charge in [0.25, 0.3) is 10.1 Å². The van der Waals surface area contributed by atoms with E-state index in [0.717, 1.165) is 22.2 Å². The Morgan fingerprint density at radius 3 is 2.00 bits per heavy atom. The largest absolute Gasteiger partial charge is 0.295 e. The Balaban J connectivity index is 2.17. The SMILES string of the molecule is CCCCCCCCCCCCc1c(S(=O)(=O)O)csc1Br. The molecule has 0 fully saturated rings. The first kappa shape index (κ1) is 20.1. The lowest BCUT2D eigenvalue weighted by atomic mass is 10.0. The van der Waals surface area contributed by atoms with Gasteiger partial charge >= 0.3 is 0 Å². The molecule has 0 unspecified atom stereocenters. The molecule has 0 saturated carbocycles. The zero-order valence-corrected chi connectivity index (χ0v) is 16.5. The van der Waals surface area contributed by atoms with Crippen LogP contribution in [0.2, 0.25) is 0 Å². The smallest absolute Gasteiger partial charge is 0.282 e. The molecule has 0 atom stereocenters. The summed E-state index contributed by atoms with van der Waals surface area (Å²) in [5, 5.41) is 1.51. The second-order valence-electron chi connectivity index (χ2n) is 5.76. The fourth-order valence-corrected chi connectivity index (χ4v) is 5.31. The van der Waals surface area contributed by atoms with E-state index in [2.05, 4.69) is 22.9 Å². The van der Waals surface area contributed by atoms with Crippen LogP contribution in [0.4, 0.5) is 0 Å². The lowest BCUT2D eigenvalue weighted by molar-refractivity contribution is 0.482. The Morgan fingerprint density at radius 2 is 1.50 bits per heavy atom. The molecule has 128 valence electrons. The summed E-state index contributed by atoms with van der Waals surface area (Å²) in [7, 11) is -4.09. The van der Waals surface area contributed by atoms with Crippen molar-refractivity contribution in [2.45, 2.75) is 82.4 Å². The van der Waals surface area contributed by atoms with Gasteiger partial charge in [-0.15, -0.1) is 11.3 Å². The molecule has 0 aromatic carbocycles. The lowest BCUT2D eigenvalue weighted by Crippen LogP contribution is -2.00. The van der Waals surface area contributed by atoms with Crippen LogP contribution in [-0.2, 0) is 16.5 Å². The first-order chi connectivity index (χ1) is 10.5. The van der Waals surface area contributed by atoms with E-state index in [1.165, 1.54) is 68.1 Å². The molecule has 3 nitrogen and oxygen atoms in total. The average molecular weight is 411 g/mol. The van der Waals surface area contributed by atoms with Gasteiger partial charge in [0.2, 0.25) is 0 Å². The van der Waals surface area contributed by atoms with Gasteiger partial charge in [-0.25, -0.2) is 0 Å². The molecular formula is C16H27BrO3S2. The normalized spacial score (nSPS) is 12.0. The summed E-state index contributed by atoms with van der Waals surface area (Å²) in [5.41, 5.74) is 0.729. The third-order valence-electron chi connectivity index (χ3n) is 3.86. The second-order valence-corrected chi connectivity index (χ2v) is 9.35. The Labute approximate surface area is 147 Å². The Hall–Kier alpha value is 0.0900. The lowest BCUT2D eigenvalue weighted by Gasteiger charge is -2.04. The molecule has 22 heavy (non-hydrogen) atoms. The van der Waals surface area contributed by atoms with Crippen LogP contribution in [0.3, 0.4) is 0 Å². The zero-order valence-electron chi connectivity index (χ0n) is 13.3. The van der Waals surface area contributed by atoms with E-state index >= 15 is 0 Å². The summed E-state index contributed by atoms with van der Waals surface area (Å²) >= 11 is 4.69. The van der Waals surface area contributed by atoms with Crippen LogP contribution in [0.15, 0.2) is 14.1 Å². The fraction of sp³-hybridized carbons (Fsp3) is 0.750. The van der Waals surface area contributed by atoms with Gasteiger partial charge in [0.1, 0.15) is 4.90 Å². The summed E-state index contributed by atoms with van der Waals surface area (Å²) in [6.07, 6.45) is 13.3. The first-order valence-corrected chi connectivity index (χ1v) is 11.3. The maximum absolute atomic E-state index is 11.3. The summed E-state index contributed by atoms with van der Waals surface area (Å²) in [4.78, 5) is 0.0697. The van der Waals surface area contributed by atoms with Crippen LogP contribution in [0.1, 0.15) is 76.7 Å². The Morgan fingerprint density at radius 1 is 1.00 bits per heavy atom. The molecule has 0 bridgehead atoms. The number of halogens is 1. The maximum atomic E-state index is 11.3. The molecule has 0 aliphatic carbocycles. The quantitative estimate of drug-likeness (QED) is 0.328. The van der Waals surface area contributed by atoms with Crippen molar-refractivity contribution in [3.05, 3.63) is 14.7 Å². The predicted octanol–water partition coefficient (Wildman–Crippen LogP) is 6.22. The van der Waals surface area contributed by atoms with E-state index in [-0.39, 0.29) is 4.90 Å². The minimum Gasteiger partial charge on any atom is -0.282 e. The molecule has 6 heteroatoms. The molecule has 1 heterocycles. The number of unbranched alkanes of at least 4 members (excludes halogenated alkanes) is 9. The van der Waals surface area contributed by atoms with E-state index in [9.17, 15) is 13.0 Å². The molecule has 1 aromatic heterocycles. The van der Waals surface area contributed by atoms with Gasteiger partial charge in [-0.3, -0.25) is 4.55 Å². The Bertz CT molecular complexity index is 523. The minimum absolute atomic E-state index is 0.0697. The van der Waals surface area contributed by atoms with Crippen LogP contribution in [0, 0.1) is 0 Å². The molecule has 0 spiro atoms. The first-order valence-electron chi connectivity index (χ1n) is 8.20. The highest BCUT2D eigenvalue weighted by Crippen LogP contribution is 2.32. The third kappa shape index (κ3) is 7.57. The predicted molar refractivity (Wildman–Crippen MR) is 97.4 cm³/mol. The van der Waals surface area contributed by atoms with Gasteiger partial charge in [0, 0.05) is 5.38 Å². The van der Waals surface area contributed by atoms with Gasteiger partial charge < -0.3 is 0 Å². The molecule has 0 aliphatic heterocycles. The minimum atomic E-state index is -4.09. The molecular weight excluding hydrogens is 384 g/mol. The van der Waals surface area contributed by atoms with Crippen LogP contribution < -0.4 is 0 Å². The van der Waals surface area contributed by atoms with Gasteiger partial charge in [0.15, 0.2) is 0 Å². The van der Waals surface area contributed by atoms with Gasteiger partial charge in [-0.05, 0) is 34.3 Å². The summed E-state index contributed by atoms with van der Waals surface area (Å²) in [6, 6.07) is 0. The number of thiophene rings is 1. The standard InChI is InChI=1S/C16H27BrO3S2/c1-2-3-4-5-6-7-8-9-10-11-12-14-15(22(18,19)20)13-21-16(14)17/h13H,2-12H2,1H3,(H,18,19,20). The van der Waals surface area contributed by atoms with Crippen molar-refractivity contribution in [1.82, 2.24) is 0 Å². The van der Waals surface area contributed by atoms with E-state index in [0.29, 0.717) is 6.42 Å². The van der Waals surface area contributed by atoms with Crippen molar-refractivity contribution < 1.29 is 13.0 Å². The fourth-order valence-electron chi connectivity index (χ4n) is 2.57. The van der Waals surface area contributed by atoms with Crippen molar-refractivity contribution >= 4 is 37.4 Å². The highest BCUT2D eigenvalue weighted by molar-refractivity contribution is 9.11. The average Bonchev–Trinajstić information content (AvgIpc) is 2.82. The third-order valence-corrected chi connectivity index (χ3v) is 6.78. The number of hydrogen-bond donors (Lipinski definition) is 1. The van der Waals surface area contributed by atoms with E-state index in [4.69, 9.17) is 0 Å². The van der Waals surface area contributed by atoms with Crippen LogP contribution in [0.5, 0.6) is 0 Å². The molecule has 1 aromatic rings. The summed E-state index contributed by atoms with van der Waals surface area (Å²) < 4.78 is 32.6. The van der Waals surface area contributed by atoms with Crippen molar-refractivity contribution in [2.24, 2.45) is 0 Å². The van der Waals surface area contributed by atoms with Gasteiger partial charge in [0.05, 0.1) is 3.79 Å². The van der Waals surface area contributed by atoms with Crippen molar-refractivity contribution in [3.63, 3.8) is 0 Å². The van der Waals surface area contributed by atoms with E-state index < -0.39 is 10.1 Å². The second kappa shape index (κ2) is 10.8. The molecule has 0 radical (unpaired) electrons. The number of hydrogen-bond acceptors (Lipinski definition) is 3. The van der Waals surface area contributed by atoms with Gasteiger partial charge in [-0.2, -0.15) is 8.42 Å². The topological polar surface area (TPSA) is 54.4 Å². The molecule has 0 saturated heterocycles. The van der Waals surface area contributed by atoms with E-state index in [1.807, 2.05) is 0 Å². The van der Waals surface area contributed by atoms with Crippen molar-refractivity contribution in [1.29, 1.82) is 0 Å².